The number of rotatable bonds is 3. The molecule has 1 heterocycles. The maximum Gasteiger partial charge on any atom is 0.250 e. The van der Waals surface area contributed by atoms with Crippen molar-refractivity contribution < 1.29 is 9.18 Å². The van der Waals surface area contributed by atoms with Gasteiger partial charge in [-0.05, 0) is 18.6 Å². The summed E-state index contributed by atoms with van der Waals surface area (Å²) < 4.78 is 14.0. The minimum atomic E-state index is -0.628. The molecule has 104 valence electrons. The van der Waals surface area contributed by atoms with Gasteiger partial charge in [-0.25, -0.2) is 4.39 Å². The number of anilines is 2. The van der Waals surface area contributed by atoms with Gasteiger partial charge in [0.2, 0.25) is 0 Å². The number of halogens is 1. The van der Waals surface area contributed by atoms with E-state index in [1.165, 1.54) is 12.1 Å². The third-order valence-corrected chi connectivity index (χ3v) is 4.69. The van der Waals surface area contributed by atoms with E-state index in [1.807, 2.05) is 16.7 Å². The Hall–Kier alpha value is -1.43. The van der Waals surface area contributed by atoms with Crippen molar-refractivity contribution in [1.82, 2.24) is 0 Å². The molecular weight excluding hydrogens is 265 g/mol. The first-order chi connectivity index (χ1) is 9.02. The summed E-state index contributed by atoms with van der Waals surface area (Å²) in [5.41, 5.74) is 11.6. The van der Waals surface area contributed by atoms with E-state index in [4.69, 9.17) is 11.5 Å². The normalized spacial score (nSPS) is 19.5. The van der Waals surface area contributed by atoms with E-state index < -0.39 is 11.7 Å². The van der Waals surface area contributed by atoms with Crippen molar-refractivity contribution in [3.05, 3.63) is 23.5 Å². The number of nitrogens with zero attached hydrogens (tertiary/aromatic N) is 1. The van der Waals surface area contributed by atoms with E-state index in [2.05, 4.69) is 6.92 Å². The molecule has 19 heavy (non-hydrogen) atoms. The summed E-state index contributed by atoms with van der Waals surface area (Å²) in [7, 11) is 0. The van der Waals surface area contributed by atoms with Gasteiger partial charge in [0.25, 0.3) is 5.91 Å². The first-order valence-corrected chi connectivity index (χ1v) is 7.33. The summed E-state index contributed by atoms with van der Waals surface area (Å²) in [6.07, 6.45) is 1.04. The third-order valence-electron chi connectivity index (χ3n) is 3.32. The molecule has 0 radical (unpaired) electrons. The van der Waals surface area contributed by atoms with Gasteiger partial charge in [0.05, 0.1) is 11.3 Å². The van der Waals surface area contributed by atoms with E-state index in [0.29, 0.717) is 10.9 Å². The summed E-state index contributed by atoms with van der Waals surface area (Å²) >= 11 is 1.90. The Morgan fingerprint density at radius 3 is 2.95 bits per heavy atom. The van der Waals surface area contributed by atoms with E-state index in [1.54, 1.807) is 0 Å². The molecule has 0 saturated carbocycles. The Kier molecular flexibility index (Phi) is 4.19. The van der Waals surface area contributed by atoms with Crippen LogP contribution in [0.2, 0.25) is 0 Å². The fourth-order valence-electron chi connectivity index (χ4n) is 2.22. The molecule has 2 rings (SSSR count). The maximum atomic E-state index is 14.0. The molecule has 1 atom stereocenters. The maximum absolute atomic E-state index is 14.0. The first-order valence-electron chi connectivity index (χ1n) is 6.28. The molecule has 6 heteroatoms. The number of carbonyl (C=O) groups excluding carboxylic acids is 1. The second-order valence-electron chi connectivity index (χ2n) is 4.60. The van der Waals surface area contributed by atoms with Crippen LogP contribution in [0.1, 0.15) is 23.7 Å². The highest BCUT2D eigenvalue weighted by Crippen LogP contribution is 2.30. The predicted molar refractivity (Wildman–Crippen MR) is 78.1 cm³/mol. The van der Waals surface area contributed by atoms with Gasteiger partial charge < -0.3 is 16.4 Å². The second-order valence-corrected chi connectivity index (χ2v) is 6.01. The lowest BCUT2D eigenvalue weighted by molar-refractivity contribution is 0.100. The van der Waals surface area contributed by atoms with E-state index in [0.717, 1.165) is 25.3 Å². The zero-order valence-corrected chi connectivity index (χ0v) is 11.7. The van der Waals surface area contributed by atoms with Crippen LogP contribution in [0.5, 0.6) is 0 Å². The highest BCUT2D eigenvalue weighted by Gasteiger charge is 2.23. The number of thioether (sulfide) groups is 1. The summed E-state index contributed by atoms with van der Waals surface area (Å²) in [6, 6.07) is 2.65. The van der Waals surface area contributed by atoms with E-state index >= 15 is 0 Å². The van der Waals surface area contributed by atoms with Crippen LogP contribution in [0, 0.1) is 5.82 Å². The van der Waals surface area contributed by atoms with Crippen LogP contribution >= 0.6 is 11.8 Å². The molecule has 1 fully saturated rings. The number of nitrogens with two attached hydrogens (primary N) is 2. The minimum Gasteiger partial charge on any atom is -0.398 e. The molecule has 0 aliphatic carbocycles. The third kappa shape index (κ3) is 2.94. The predicted octanol–water partition coefficient (Wildman–Crippen LogP) is 1.84. The topological polar surface area (TPSA) is 72.3 Å². The zero-order valence-electron chi connectivity index (χ0n) is 10.9. The van der Waals surface area contributed by atoms with Crippen LogP contribution in [-0.4, -0.2) is 30.0 Å². The van der Waals surface area contributed by atoms with Gasteiger partial charge in [-0.1, -0.05) is 6.92 Å². The van der Waals surface area contributed by atoms with E-state index in [-0.39, 0.29) is 11.3 Å². The largest absolute Gasteiger partial charge is 0.398 e. The fourth-order valence-corrected chi connectivity index (χ4v) is 3.40. The lowest BCUT2D eigenvalue weighted by Gasteiger charge is -2.34. The molecule has 1 saturated heterocycles. The summed E-state index contributed by atoms with van der Waals surface area (Å²) in [5.74, 6) is -0.0738. The monoisotopic (exact) mass is 283 g/mol. The van der Waals surface area contributed by atoms with Gasteiger partial charge in [-0.3, -0.25) is 4.79 Å². The Labute approximate surface area is 116 Å². The minimum absolute atomic E-state index is 0.0900. The molecule has 0 spiro atoms. The molecule has 1 amide bonds. The zero-order chi connectivity index (χ0) is 14.0. The molecule has 4 nitrogen and oxygen atoms in total. The summed E-state index contributed by atoms with van der Waals surface area (Å²) in [4.78, 5) is 13.2. The van der Waals surface area contributed by atoms with Crippen molar-refractivity contribution in [2.45, 2.75) is 18.6 Å². The molecule has 0 aromatic heterocycles. The van der Waals surface area contributed by atoms with Crippen molar-refractivity contribution in [2.24, 2.45) is 5.73 Å². The molecule has 1 aliphatic rings. The molecular formula is C13H18FN3OS. The van der Waals surface area contributed by atoms with Crippen LogP contribution in [0.3, 0.4) is 0 Å². The lowest BCUT2D eigenvalue weighted by atomic mass is 10.1. The number of hydrogen-bond donors (Lipinski definition) is 2. The van der Waals surface area contributed by atoms with Crippen molar-refractivity contribution in [2.75, 3.05) is 29.5 Å². The average molecular weight is 283 g/mol. The van der Waals surface area contributed by atoms with Gasteiger partial charge >= 0.3 is 0 Å². The SMILES string of the molecule is CCC1CN(c2cc(C(N)=O)c(N)cc2F)CCS1. The van der Waals surface area contributed by atoms with Gasteiger partial charge in [-0.2, -0.15) is 11.8 Å². The molecule has 1 unspecified atom stereocenters. The average Bonchev–Trinajstić information content (AvgIpc) is 2.38. The Morgan fingerprint density at radius 2 is 2.32 bits per heavy atom. The number of nitrogen functional groups attached to an aromatic ring is 1. The van der Waals surface area contributed by atoms with Crippen LogP contribution in [0.15, 0.2) is 12.1 Å². The summed E-state index contributed by atoms with van der Waals surface area (Å²) in [5, 5.41) is 0.489. The Balaban J connectivity index is 2.33. The highest BCUT2D eigenvalue weighted by atomic mass is 32.2. The van der Waals surface area contributed by atoms with E-state index in [9.17, 15) is 9.18 Å². The molecule has 1 aromatic carbocycles. The molecule has 1 aromatic rings. The Morgan fingerprint density at radius 1 is 1.58 bits per heavy atom. The van der Waals surface area contributed by atoms with Crippen LogP contribution in [-0.2, 0) is 0 Å². The van der Waals surface area contributed by atoms with Crippen molar-refractivity contribution in [3.8, 4) is 0 Å². The lowest BCUT2D eigenvalue weighted by Crippen LogP contribution is -2.38. The molecule has 0 bridgehead atoms. The number of primary amides is 1. The highest BCUT2D eigenvalue weighted by molar-refractivity contribution is 8.00. The standard InChI is InChI=1S/C13H18FN3OS/c1-2-8-7-17(3-4-19-8)12-5-9(13(16)18)11(15)6-10(12)14/h5-6,8H,2-4,7,15H2,1H3,(H2,16,18). The van der Waals surface area contributed by atoms with Crippen molar-refractivity contribution in [3.63, 3.8) is 0 Å². The molecule has 1 aliphatic heterocycles. The first kappa shape index (κ1) is 14.0. The smallest absolute Gasteiger partial charge is 0.250 e. The quantitative estimate of drug-likeness (QED) is 0.830. The van der Waals surface area contributed by atoms with Crippen molar-refractivity contribution >= 4 is 29.0 Å². The van der Waals surface area contributed by atoms with Crippen LogP contribution < -0.4 is 16.4 Å². The molecule has 4 N–H and O–H groups in total. The number of hydrogen-bond acceptors (Lipinski definition) is 4. The van der Waals surface area contributed by atoms with Gasteiger partial charge in [0, 0.05) is 29.8 Å². The van der Waals surface area contributed by atoms with Gasteiger partial charge in [0.1, 0.15) is 5.82 Å². The number of benzene rings is 1. The summed E-state index contributed by atoms with van der Waals surface area (Å²) in [6.45, 7) is 3.66. The number of amides is 1. The fraction of sp³-hybridized carbons (Fsp3) is 0.462. The number of carbonyl (C=O) groups is 1. The van der Waals surface area contributed by atoms with Gasteiger partial charge in [-0.15, -0.1) is 0 Å². The van der Waals surface area contributed by atoms with Crippen LogP contribution in [0.4, 0.5) is 15.8 Å². The van der Waals surface area contributed by atoms with Crippen molar-refractivity contribution in [1.29, 1.82) is 0 Å². The Bertz CT molecular complexity index is 495. The second kappa shape index (κ2) is 5.69. The van der Waals surface area contributed by atoms with Crippen LogP contribution in [0.25, 0.3) is 0 Å². The van der Waals surface area contributed by atoms with Gasteiger partial charge in [0.15, 0.2) is 0 Å².